The normalized spacial score (nSPS) is 32.3. The summed E-state index contributed by atoms with van der Waals surface area (Å²) in [6.07, 6.45) is -2.20. The van der Waals surface area contributed by atoms with Crippen LogP contribution in [0.1, 0.15) is 44.2 Å². The van der Waals surface area contributed by atoms with Crippen LogP contribution >= 0.6 is 0 Å². The molecule has 3 atom stereocenters. The molecule has 0 amide bonds. The third-order valence-corrected chi connectivity index (χ3v) is 4.39. The summed E-state index contributed by atoms with van der Waals surface area (Å²) in [5, 5.41) is 10.6. The predicted molar refractivity (Wildman–Crippen MR) is 67.5 cm³/mol. The largest absolute Gasteiger partial charge is 0.416 e. The minimum absolute atomic E-state index is 0.376. The quantitative estimate of drug-likeness (QED) is 0.806. The van der Waals surface area contributed by atoms with Gasteiger partial charge >= 0.3 is 6.18 Å². The Bertz CT molecular complexity index is 438. The molecule has 19 heavy (non-hydrogen) atoms. The van der Waals surface area contributed by atoms with Gasteiger partial charge in [-0.3, -0.25) is 0 Å². The third-order valence-electron chi connectivity index (χ3n) is 4.39. The predicted octanol–water partition coefficient (Wildman–Crippen LogP) is 4.35. The second kappa shape index (κ2) is 4.82. The number of benzene rings is 1. The summed E-state index contributed by atoms with van der Waals surface area (Å²) in [7, 11) is 0. The number of hydrogen-bond donors (Lipinski definition) is 1. The molecule has 0 bridgehead atoms. The van der Waals surface area contributed by atoms with Crippen LogP contribution in [0.4, 0.5) is 13.2 Å². The number of aliphatic hydroxyl groups is 1. The first-order valence-corrected chi connectivity index (χ1v) is 6.62. The fourth-order valence-corrected chi connectivity index (χ4v) is 2.82. The fourth-order valence-electron chi connectivity index (χ4n) is 2.82. The van der Waals surface area contributed by atoms with E-state index in [-0.39, 0.29) is 0 Å². The van der Waals surface area contributed by atoms with Crippen LogP contribution in [0.15, 0.2) is 24.3 Å². The maximum Gasteiger partial charge on any atom is 0.416 e. The second-order valence-electron chi connectivity index (χ2n) is 5.80. The minimum Gasteiger partial charge on any atom is -0.385 e. The fraction of sp³-hybridized carbons (Fsp3) is 0.600. The van der Waals surface area contributed by atoms with E-state index in [1.807, 2.05) is 0 Å². The van der Waals surface area contributed by atoms with Crippen molar-refractivity contribution < 1.29 is 18.3 Å². The van der Waals surface area contributed by atoms with Crippen LogP contribution in [-0.2, 0) is 11.8 Å². The highest BCUT2D eigenvalue weighted by Crippen LogP contribution is 2.43. The van der Waals surface area contributed by atoms with Gasteiger partial charge in [0.05, 0.1) is 11.2 Å². The summed E-state index contributed by atoms with van der Waals surface area (Å²) in [6, 6.07) is 4.92. The van der Waals surface area contributed by atoms with E-state index >= 15 is 0 Å². The van der Waals surface area contributed by atoms with E-state index in [9.17, 15) is 18.3 Å². The van der Waals surface area contributed by atoms with Gasteiger partial charge in [-0.25, -0.2) is 0 Å². The standard InChI is InChI=1S/C15H19F3O/c1-10-7-8-14(19,9-11(10)2)12-3-5-13(6-4-12)15(16,17)18/h3-6,10-11,19H,7-9H2,1-2H3. The number of alkyl halides is 3. The first-order chi connectivity index (χ1) is 8.72. The highest BCUT2D eigenvalue weighted by Gasteiger charge is 2.38. The summed E-state index contributed by atoms with van der Waals surface area (Å²) < 4.78 is 37.5. The van der Waals surface area contributed by atoms with Crippen molar-refractivity contribution in [3.8, 4) is 0 Å². The molecule has 0 aliphatic heterocycles. The van der Waals surface area contributed by atoms with Crippen molar-refractivity contribution >= 4 is 0 Å². The van der Waals surface area contributed by atoms with Crippen LogP contribution < -0.4 is 0 Å². The maximum absolute atomic E-state index is 12.5. The van der Waals surface area contributed by atoms with Crippen molar-refractivity contribution in [1.82, 2.24) is 0 Å². The molecule has 2 rings (SSSR count). The van der Waals surface area contributed by atoms with Crippen molar-refractivity contribution in [1.29, 1.82) is 0 Å². The molecule has 1 N–H and O–H groups in total. The first-order valence-electron chi connectivity index (χ1n) is 6.62. The molecule has 1 aromatic carbocycles. The zero-order chi connectivity index (χ0) is 14.3. The third kappa shape index (κ3) is 2.94. The zero-order valence-corrected chi connectivity index (χ0v) is 11.2. The van der Waals surface area contributed by atoms with E-state index in [0.29, 0.717) is 30.2 Å². The molecule has 0 radical (unpaired) electrons. The lowest BCUT2D eigenvalue weighted by Crippen LogP contribution is -2.35. The molecule has 0 aromatic heterocycles. The van der Waals surface area contributed by atoms with Gasteiger partial charge in [0.2, 0.25) is 0 Å². The molecule has 1 aliphatic carbocycles. The van der Waals surface area contributed by atoms with Crippen molar-refractivity contribution in [2.75, 3.05) is 0 Å². The van der Waals surface area contributed by atoms with Crippen LogP contribution in [0.5, 0.6) is 0 Å². The van der Waals surface area contributed by atoms with Crippen LogP contribution in [-0.4, -0.2) is 5.11 Å². The highest BCUT2D eigenvalue weighted by molar-refractivity contribution is 5.29. The molecular weight excluding hydrogens is 253 g/mol. The average Bonchev–Trinajstić information content (AvgIpc) is 2.34. The first kappa shape index (κ1) is 14.4. The van der Waals surface area contributed by atoms with E-state index in [0.717, 1.165) is 18.6 Å². The second-order valence-corrected chi connectivity index (χ2v) is 5.80. The number of halogens is 3. The van der Waals surface area contributed by atoms with Gasteiger partial charge in [-0.05, 0) is 48.8 Å². The number of hydrogen-bond acceptors (Lipinski definition) is 1. The van der Waals surface area contributed by atoms with Crippen molar-refractivity contribution in [3.05, 3.63) is 35.4 Å². The van der Waals surface area contributed by atoms with Gasteiger partial charge in [0.1, 0.15) is 0 Å². The summed E-state index contributed by atoms with van der Waals surface area (Å²) >= 11 is 0. The Morgan fingerprint density at radius 2 is 1.68 bits per heavy atom. The van der Waals surface area contributed by atoms with E-state index in [1.165, 1.54) is 12.1 Å². The molecule has 1 aromatic rings. The Morgan fingerprint density at radius 1 is 1.11 bits per heavy atom. The molecule has 0 heterocycles. The van der Waals surface area contributed by atoms with E-state index < -0.39 is 17.3 Å². The van der Waals surface area contributed by atoms with Crippen LogP contribution in [0.3, 0.4) is 0 Å². The summed E-state index contributed by atoms with van der Waals surface area (Å²) in [5.74, 6) is 0.927. The Labute approximate surface area is 111 Å². The van der Waals surface area contributed by atoms with Crippen molar-refractivity contribution in [2.45, 2.75) is 44.9 Å². The summed E-state index contributed by atoms with van der Waals surface area (Å²) in [5.41, 5.74) is -1.05. The van der Waals surface area contributed by atoms with E-state index in [1.54, 1.807) is 0 Å². The highest BCUT2D eigenvalue weighted by atomic mass is 19.4. The molecule has 1 fully saturated rings. The Balaban J connectivity index is 2.22. The monoisotopic (exact) mass is 272 g/mol. The molecule has 106 valence electrons. The lowest BCUT2D eigenvalue weighted by atomic mass is 9.70. The summed E-state index contributed by atoms with van der Waals surface area (Å²) in [6.45, 7) is 4.23. The molecule has 0 saturated heterocycles. The molecule has 0 spiro atoms. The Kier molecular flexibility index (Phi) is 3.65. The molecule has 4 heteroatoms. The van der Waals surface area contributed by atoms with Crippen molar-refractivity contribution in [2.24, 2.45) is 11.8 Å². The zero-order valence-electron chi connectivity index (χ0n) is 11.2. The van der Waals surface area contributed by atoms with E-state index in [4.69, 9.17) is 0 Å². The average molecular weight is 272 g/mol. The lowest BCUT2D eigenvalue weighted by Gasteiger charge is -2.39. The van der Waals surface area contributed by atoms with Crippen LogP contribution in [0.25, 0.3) is 0 Å². The van der Waals surface area contributed by atoms with Gasteiger partial charge in [-0.2, -0.15) is 13.2 Å². The Hall–Kier alpha value is -1.03. The van der Waals surface area contributed by atoms with Gasteiger partial charge < -0.3 is 5.11 Å². The maximum atomic E-state index is 12.5. The van der Waals surface area contributed by atoms with Crippen molar-refractivity contribution in [3.63, 3.8) is 0 Å². The number of rotatable bonds is 1. The van der Waals surface area contributed by atoms with Gasteiger partial charge in [-0.15, -0.1) is 0 Å². The SMILES string of the molecule is CC1CCC(O)(c2ccc(C(F)(F)F)cc2)CC1C. The topological polar surface area (TPSA) is 20.2 Å². The van der Waals surface area contributed by atoms with Crippen LogP contribution in [0.2, 0.25) is 0 Å². The lowest BCUT2D eigenvalue weighted by molar-refractivity contribution is -0.137. The Morgan fingerprint density at radius 3 is 2.16 bits per heavy atom. The van der Waals surface area contributed by atoms with Gasteiger partial charge in [0.15, 0.2) is 0 Å². The van der Waals surface area contributed by atoms with E-state index in [2.05, 4.69) is 13.8 Å². The molecule has 1 saturated carbocycles. The molecule has 1 nitrogen and oxygen atoms in total. The molecule has 3 unspecified atom stereocenters. The smallest absolute Gasteiger partial charge is 0.385 e. The van der Waals surface area contributed by atoms with Gasteiger partial charge in [-0.1, -0.05) is 26.0 Å². The van der Waals surface area contributed by atoms with Gasteiger partial charge in [0, 0.05) is 0 Å². The molecular formula is C15H19F3O. The van der Waals surface area contributed by atoms with Crippen LogP contribution in [0, 0.1) is 11.8 Å². The summed E-state index contributed by atoms with van der Waals surface area (Å²) in [4.78, 5) is 0. The van der Waals surface area contributed by atoms with Gasteiger partial charge in [0.25, 0.3) is 0 Å². The minimum atomic E-state index is -4.32. The molecule has 1 aliphatic rings.